The van der Waals surface area contributed by atoms with E-state index in [1.807, 2.05) is 11.0 Å². The number of unbranched alkanes of at least 4 members (excludes halogenated alkanes) is 5. The minimum Gasteiger partial charge on any atom is -0.508 e. The second-order valence-corrected chi connectivity index (χ2v) is 9.34. The molecule has 0 amide bonds. The molecule has 0 aliphatic heterocycles. The maximum absolute atomic E-state index is 10.1. The third-order valence-electron chi connectivity index (χ3n) is 6.64. The van der Waals surface area contributed by atoms with E-state index in [1.165, 1.54) is 77.0 Å². The SMILES string of the molecule is CC(O)N(CCCCCCCCNC1CCCCCCC1)Cc1cc(CO)ccc1O. The normalized spacial score (nSPS) is 16.9. The molecule has 4 N–H and O–H groups in total. The quantitative estimate of drug-likeness (QED) is 0.243. The van der Waals surface area contributed by atoms with E-state index in [4.69, 9.17) is 0 Å². The van der Waals surface area contributed by atoms with Gasteiger partial charge in [-0.3, -0.25) is 4.90 Å². The third-order valence-corrected chi connectivity index (χ3v) is 6.64. The van der Waals surface area contributed by atoms with Gasteiger partial charge in [0.05, 0.1) is 6.61 Å². The summed E-state index contributed by atoms with van der Waals surface area (Å²) in [7, 11) is 0. The summed E-state index contributed by atoms with van der Waals surface area (Å²) in [5.41, 5.74) is 1.53. The fourth-order valence-corrected chi connectivity index (χ4v) is 4.59. The third kappa shape index (κ3) is 10.8. The largest absolute Gasteiger partial charge is 0.508 e. The molecule has 0 saturated heterocycles. The van der Waals surface area contributed by atoms with Crippen LogP contribution in [-0.2, 0) is 13.2 Å². The van der Waals surface area contributed by atoms with E-state index in [-0.39, 0.29) is 12.4 Å². The van der Waals surface area contributed by atoms with Gasteiger partial charge in [-0.2, -0.15) is 0 Å². The van der Waals surface area contributed by atoms with Gasteiger partial charge >= 0.3 is 0 Å². The van der Waals surface area contributed by atoms with E-state index < -0.39 is 6.23 Å². The van der Waals surface area contributed by atoms with E-state index in [2.05, 4.69) is 5.32 Å². The van der Waals surface area contributed by atoms with Crippen LogP contribution in [0.4, 0.5) is 0 Å². The Balaban J connectivity index is 1.55. The lowest BCUT2D eigenvalue weighted by atomic mass is 9.96. The highest BCUT2D eigenvalue weighted by Gasteiger charge is 2.14. The van der Waals surface area contributed by atoms with E-state index in [9.17, 15) is 15.3 Å². The molecular formula is C26H46N2O3. The molecule has 178 valence electrons. The van der Waals surface area contributed by atoms with Crippen LogP contribution >= 0.6 is 0 Å². The fraction of sp³-hybridized carbons (Fsp3) is 0.769. The van der Waals surface area contributed by atoms with Crippen LogP contribution in [0.15, 0.2) is 18.2 Å². The van der Waals surface area contributed by atoms with Gasteiger partial charge in [0.2, 0.25) is 0 Å². The fourth-order valence-electron chi connectivity index (χ4n) is 4.59. The number of rotatable bonds is 14. The second-order valence-electron chi connectivity index (χ2n) is 9.34. The van der Waals surface area contributed by atoms with Crippen molar-refractivity contribution < 1.29 is 15.3 Å². The Hall–Kier alpha value is -1.14. The molecule has 1 fully saturated rings. The summed E-state index contributed by atoms with van der Waals surface area (Å²) in [5.74, 6) is 0.218. The molecule has 1 atom stereocenters. The Morgan fingerprint density at radius 2 is 1.61 bits per heavy atom. The molecule has 0 spiro atoms. The zero-order valence-corrected chi connectivity index (χ0v) is 19.7. The zero-order valence-electron chi connectivity index (χ0n) is 19.7. The van der Waals surface area contributed by atoms with Crippen molar-refractivity contribution in [2.45, 2.75) is 116 Å². The van der Waals surface area contributed by atoms with Crippen LogP contribution in [0.5, 0.6) is 5.75 Å². The average molecular weight is 435 g/mol. The predicted molar refractivity (Wildman–Crippen MR) is 128 cm³/mol. The summed E-state index contributed by atoms with van der Waals surface area (Å²) in [6, 6.07) is 5.91. The molecule has 0 radical (unpaired) electrons. The number of phenolic OH excluding ortho intramolecular Hbond substituents is 1. The molecule has 5 heteroatoms. The lowest BCUT2D eigenvalue weighted by Crippen LogP contribution is -2.33. The molecule has 5 nitrogen and oxygen atoms in total. The summed E-state index contributed by atoms with van der Waals surface area (Å²) in [6.07, 6.45) is 16.5. The number of nitrogens with one attached hydrogen (secondary N) is 1. The Morgan fingerprint density at radius 1 is 0.968 bits per heavy atom. The van der Waals surface area contributed by atoms with Crippen molar-refractivity contribution in [2.24, 2.45) is 0 Å². The molecule has 1 aromatic carbocycles. The Kier molecular flexibility index (Phi) is 13.2. The maximum atomic E-state index is 10.1. The molecule has 0 bridgehead atoms. The van der Waals surface area contributed by atoms with E-state index in [0.29, 0.717) is 6.54 Å². The smallest absolute Gasteiger partial charge is 0.120 e. The number of aliphatic hydroxyl groups excluding tert-OH is 2. The van der Waals surface area contributed by atoms with Crippen LogP contribution in [0.2, 0.25) is 0 Å². The first-order chi connectivity index (χ1) is 15.1. The molecular weight excluding hydrogens is 388 g/mol. The van der Waals surface area contributed by atoms with E-state index >= 15 is 0 Å². The first-order valence-electron chi connectivity index (χ1n) is 12.7. The number of benzene rings is 1. The topological polar surface area (TPSA) is 76.0 Å². The van der Waals surface area contributed by atoms with Crippen LogP contribution in [-0.4, -0.2) is 45.6 Å². The van der Waals surface area contributed by atoms with Crippen molar-refractivity contribution in [2.75, 3.05) is 13.1 Å². The van der Waals surface area contributed by atoms with Crippen molar-refractivity contribution in [3.05, 3.63) is 29.3 Å². The molecule has 1 aromatic rings. The van der Waals surface area contributed by atoms with Crippen LogP contribution in [0.3, 0.4) is 0 Å². The van der Waals surface area contributed by atoms with Crippen molar-refractivity contribution >= 4 is 0 Å². The maximum Gasteiger partial charge on any atom is 0.120 e. The summed E-state index contributed by atoms with van der Waals surface area (Å²) in [6.45, 7) is 4.19. The Bertz CT molecular complexity index is 586. The Labute approximate surface area is 189 Å². The number of hydrogen-bond donors (Lipinski definition) is 4. The molecule has 31 heavy (non-hydrogen) atoms. The van der Waals surface area contributed by atoms with Gasteiger partial charge in [0.1, 0.15) is 12.0 Å². The van der Waals surface area contributed by atoms with Gasteiger partial charge in [-0.15, -0.1) is 0 Å². The van der Waals surface area contributed by atoms with Crippen LogP contribution in [0, 0.1) is 0 Å². The van der Waals surface area contributed by atoms with Gasteiger partial charge in [-0.1, -0.05) is 63.9 Å². The van der Waals surface area contributed by atoms with Crippen molar-refractivity contribution in [1.29, 1.82) is 0 Å². The average Bonchev–Trinajstić information content (AvgIpc) is 2.73. The molecule has 1 aliphatic rings. The zero-order chi connectivity index (χ0) is 22.3. The predicted octanol–water partition coefficient (Wildman–Crippen LogP) is 5.07. The number of aliphatic hydroxyl groups is 2. The summed E-state index contributed by atoms with van der Waals surface area (Å²) >= 11 is 0. The first kappa shape index (κ1) is 26.1. The van der Waals surface area contributed by atoms with Crippen molar-refractivity contribution in [1.82, 2.24) is 10.2 Å². The molecule has 1 aliphatic carbocycles. The summed E-state index contributed by atoms with van der Waals surface area (Å²) in [4.78, 5) is 1.98. The lowest BCUT2D eigenvalue weighted by Gasteiger charge is -2.26. The lowest BCUT2D eigenvalue weighted by molar-refractivity contribution is 0.0110. The van der Waals surface area contributed by atoms with E-state index in [0.717, 1.165) is 36.7 Å². The minimum atomic E-state index is -0.559. The van der Waals surface area contributed by atoms with Crippen LogP contribution in [0.1, 0.15) is 102 Å². The van der Waals surface area contributed by atoms with Gasteiger partial charge in [0, 0.05) is 24.7 Å². The monoisotopic (exact) mass is 434 g/mol. The standard InChI is InChI=1S/C26H46N2O3/c1-22(30)28(20-24-19-23(21-29)15-16-26(24)31)18-12-8-3-2-7-11-17-27-25-13-9-5-4-6-10-14-25/h15-16,19,22,25,27,29-31H,2-14,17-18,20-21H2,1H3. The molecule has 2 rings (SSSR count). The van der Waals surface area contributed by atoms with Crippen LogP contribution < -0.4 is 5.32 Å². The molecule has 0 aromatic heterocycles. The van der Waals surface area contributed by atoms with Gasteiger partial charge in [-0.05, 0) is 56.8 Å². The number of nitrogens with zero attached hydrogens (tertiary/aromatic N) is 1. The highest BCUT2D eigenvalue weighted by molar-refractivity contribution is 5.35. The van der Waals surface area contributed by atoms with Gasteiger partial charge in [-0.25, -0.2) is 0 Å². The van der Waals surface area contributed by atoms with Crippen molar-refractivity contribution in [3.63, 3.8) is 0 Å². The molecule has 1 unspecified atom stereocenters. The van der Waals surface area contributed by atoms with Gasteiger partial charge < -0.3 is 20.6 Å². The van der Waals surface area contributed by atoms with Gasteiger partial charge in [0.15, 0.2) is 0 Å². The highest BCUT2D eigenvalue weighted by atomic mass is 16.3. The Morgan fingerprint density at radius 3 is 2.29 bits per heavy atom. The van der Waals surface area contributed by atoms with Gasteiger partial charge in [0.25, 0.3) is 0 Å². The number of phenols is 1. The van der Waals surface area contributed by atoms with Crippen LogP contribution in [0.25, 0.3) is 0 Å². The summed E-state index contributed by atoms with van der Waals surface area (Å²) < 4.78 is 0. The number of aromatic hydroxyl groups is 1. The number of hydrogen-bond acceptors (Lipinski definition) is 5. The van der Waals surface area contributed by atoms with E-state index in [1.54, 1.807) is 19.1 Å². The molecule has 1 saturated carbocycles. The minimum absolute atomic E-state index is 0.0435. The van der Waals surface area contributed by atoms with Crippen molar-refractivity contribution in [3.8, 4) is 5.75 Å². The second kappa shape index (κ2) is 15.6. The summed E-state index contributed by atoms with van der Waals surface area (Å²) in [5, 5.41) is 33.3. The molecule has 0 heterocycles. The highest BCUT2D eigenvalue weighted by Crippen LogP contribution is 2.22. The first-order valence-corrected chi connectivity index (χ1v) is 12.7.